The van der Waals surface area contributed by atoms with Gasteiger partial charge in [-0.1, -0.05) is 19.9 Å². The first-order valence-electron chi connectivity index (χ1n) is 6.59. The molecule has 4 nitrogen and oxygen atoms in total. The molecule has 0 aliphatic rings. The van der Waals surface area contributed by atoms with Crippen molar-refractivity contribution in [3.05, 3.63) is 24.5 Å². The number of imidazole rings is 1. The highest BCUT2D eigenvalue weighted by Gasteiger charge is 2.14. The van der Waals surface area contributed by atoms with Crippen molar-refractivity contribution >= 4 is 11.0 Å². The zero-order valence-electron chi connectivity index (χ0n) is 11.3. The van der Waals surface area contributed by atoms with Gasteiger partial charge in [-0.05, 0) is 32.0 Å². The van der Waals surface area contributed by atoms with Crippen LogP contribution in [0.5, 0.6) is 5.75 Å². The first-order valence-corrected chi connectivity index (χ1v) is 6.59. The van der Waals surface area contributed by atoms with E-state index in [4.69, 9.17) is 4.74 Å². The van der Waals surface area contributed by atoms with Gasteiger partial charge in [0.05, 0.1) is 11.8 Å². The average molecular weight is 247 g/mol. The molecule has 0 spiro atoms. The maximum absolute atomic E-state index is 6.03. The molecule has 0 amide bonds. The number of rotatable bonds is 6. The molecule has 2 rings (SSSR count). The second-order valence-electron chi connectivity index (χ2n) is 4.40. The summed E-state index contributed by atoms with van der Waals surface area (Å²) in [6.45, 7) is 8.47. The van der Waals surface area contributed by atoms with Gasteiger partial charge in [-0.2, -0.15) is 0 Å². The van der Waals surface area contributed by atoms with Crippen molar-refractivity contribution in [3.63, 3.8) is 0 Å². The Bertz CT molecular complexity index is 494. The van der Waals surface area contributed by atoms with Crippen LogP contribution < -0.4 is 4.74 Å². The monoisotopic (exact) mass is 247 g/mol. The molecule has 98 valence electrons. The minimum absolute atomic E-state index is 0.0669. The highest BCUT2D eigenvalue weighted by Crippen LogP contribution is 2.23. The number of para-hydroxylation sites is 1. The molecule has 0 saturated heterocycles. The fraction of sp³-hybridized carbons (Fsp3) is 0.500. The summed E-state index contributed by atoms with van der Waals surface area (Å²) in [5.41, 5.74) is 1.91. The van der Waals surface area contributed by atoms with Crippen LogP contribution in [0, 0.1) is 0 Å². The van der Waals surface area contributed by atoms with Gasteiger partial charge in [0.2, 0.25) is 0 Å². The first kappa shape index (κ1) is 12.9. The van der Waals surface area contributed by atoms with Gasteiger partial charge in [0.15, 0.2) is 0 Å². The molecule has 1 N–H and O–H groups in total. The molecular weight excluding hydrogens is 226 g/mol. The van der Waals surface area contributed by atoms with E-state index in [2.05, 4.69) is 35.6 Å². The smallest absolute Gasteiger partial charge is 0.149 e. The number of aromatic nitrogens is 2. The Labute approximate surface area is 108 Å². The summed E-state index contributed by atoms with van der Waals surface area (Å²) < 4.78 is 6.03. The lowest BCUT2D eigenvalue weighted by Gasteiger charge is -2.27. The van der Waals surface area contributed by atoms with Crippen molar-refractivity contribution in [2.75, 3.05) is 13.1 Å². The zero-order chi connectivity index (χ0) is 13.0. The van der Waals surface area contributed by atoms with Crippen LogP contribution >= 0.6 is 0 Å². The molecular formula is C14H21N3O. The maximum atomic E-state index is 6.03. The normalized spacial score (nSPS) is 13.1. The summed E-state index contributed by atoms with van der Waals surface area (Å²) in [5.74, 6) is 0.843. The lowest BCUT2D eigenvalue weighted by Crippen LogP contribution is -2.37. The number of nitrogens with zero attached hydrogens (tertiary/aromatic N) is 2. The molecule has 0 fully saturated rings. The first-order chi connectivity index (χ1) is 8.76. The minimum Gasteiger partial charge on any atom is -0.473 e. The Morgan fingerprint density at radius 1 is 1.39 bits per heavy atom. The van der Waals surface area contributed by atoms with Crippen molar-refractivity contribution in [1.82, 2.24) is 14.9 Å². The van der Waals surface area contributed by atoms with Gasteiger partial charge in [-0.25, -0.2) is 4.98 Å². The number of aromatic amines is 1. The van der Waals surface area contributed by atoms with E-state index < -0.39 is 0 Å². The van der Waals surface area contributed by atoms with Gasteiger partial charge < -0.3 is 9.72 Å². The SMILES string of the molecule is CCCN(CC)C(C)Oc1cccc2[nH]cnc12. The fourth-order valence-corrected chi connectivity index (χ4v) is 2.18. The molecule has 1 unspecified atom stereocenters. The van der Waals surface area contributed by atoms with Gasteiger partial charge >= 0.3 is 0 Å². The topological polar surface area (TPSA) is 41.1 Å². The number of H-pyrrole nitrogens is 1. The van der Waals surface area contributed by atoms with Gasteiger partial charge in [-0.3, -0.25) is 4.90 Å². The summed E-state index contributed by atoms with van der Waals surface area (Å²) in [4.78, 5) is 9.71. The lowest BCUT2D eigenvalue weighted by atomic mass is 10.3. The van der Waals surface area contributed by atoms with Crippen LogP contribution in [0.4, 0.5) is 0 Å². The predicted molar refractivity (Wildman–Crippen MR) is 73.7 cm³/mol. The number of ether oxygens (including phenoxy) is 1. The summed E-state index contributed by atoms with van der Waals surface area (Å²) in [6, 6.07) is 5.96. The number of hydrogen-bond donors (Lipinski definition) is 1. The maximum Gasteiger partial charge on any atom is 0.149 e. The van der Waals surface area contributed by atoms with Crippen LogP contribution in [0.25, 0.3) is 11.0 Å². The Morgan fingerprint density at radius 2 is 2.22 bits per heavy atom. The largest absolute Gasteiger partial charge is 0.473 e. The van der Waals surface area contributed by atoms with E-state index in [-0.39, 0.29) is 6.23 Å². The molecule has 1 aromatic heterocycles. The van der Waals surface area contributed by atoms with Crippen molar-refractivity contribution in [3.8, 4) is 5.75 Å². The van der Waals surface area contributed by atoms with E-state index in [0.29, 0.717) is 0 Å². The molecule has 0 aliphatic carbocycles. The van der Waals surface area contributed by atoms with Gasteiger partial charge in [-0.15, -0.1) is 0 Å². The second-order valence-corrected chi connectivity index (χ2v) is 4.40. The minimum atomic E-state index is 0.0669. The Kier molecular flexibility index (Phi) is 4.20. The number of benzene rings is 1. The fourth-order valence-electron chi connectivity index (χ4n) is 2.18. The van der Waals surface area contributed by atoms with Crippen molar-refractivity contribution in [2.24, 2.45) is 0 Å². The van der Waals surface area contributed by atoms with Crippen LogP contribution in [0.2, 0.25) is 0 Å². The standard InChI is InChI=1S/C14H21N3O/c1-4-9-17(5-2)11(3)18-13-8-6-7-12-14(13)16-10-15-12/h6-8,10-11H,4-5,9H2,1-3H3,(H,15,16). The molecule has 0 bridgehead atoms. The number of nitrogens with one attached hydrogen (secondary N) is 1. The van der Waals surface area contributed by atoms with Crippen LogP contribution in [0.15, 0.2) is 24.5 Å². The van der Waals surface area contributed by atoms with E-state index in [0.717, 1.165) is 36.3 Å². The average Bonchev–Trinajstić information content (AvgIpc) is 2.85. The third-order valence-corrected chi connectivity index (χ3v) is 3.14. The Hall–Kier alpha value is -1.55. The molecule has 2 aromatic rings. The van der Waals surface area contributed by atoms with E-state index >= 15 is 0 Å². The van der Waals surface area contributed by atoms with Crippen molar-refractivity contribution in [1.29, 1.82) is 0 Å². The second kappa shape index (κ2) is 5.87. The van der Waals surface area contributed by atoms with Gasteiger partial charge in [0.25, 0.3) is 0 Å². The lowest BCUT2D eigenvalue weighted by molar-refractivity contribution is 0.0449. The van der Waals surface area contributed by atoms with Crippen LogP contribution in [-0.4, -0.2) is 34.2 Å². The molecule has 18 heavy (non-hydrogen) atoms. The Balaban J connectivity index is 2.15. The molecule has 0 saturated carbocycles. The molecule has 0 radical (unpaired) electrons. The third kappa shape index (κ3) is 2.64. The third-order valence-electron chi connectivity index (χ3n) is 3.14. The highest BCUT2D eigenvalue weighted by atomic mass is 16.5. The van der Waals surface area contributed by atoms with E-state index in [9.17, 15) is 0 Å². The molecule has 1 aromatic carbocycles. The predicted octanol–water partition coefficient (Wildman–Crippen LogP) is 3.02. The summed E-state index contributed by atoms with van der Waals surface area (Å²) >= 11 is 0. The van der Waals surface area contributed by atoms with Gasteiger partial charge in [0.1, 0.15) is 17.5 Å². The number of fused-ring (bicyclic) bond motifs is 1. The van der Waals surface area contributed by atoms with Crippen LogP contribution in [0.3, 0.4) is 0 Å². The van der Waals surface area contributed by atoms with Crippen LogP contribution in [-0.2, 0) is 0 Å². The van der Waals surface area contributed by atoms with E-state index in [1.165, 1.54) is 0 Å². The zero-order valence-corrected chi connectivity index (χ0v) is 11.3. The summed E-state index contributed by atoms with van der Waals surface area (Å²) in [5, 5.41) is 0. The molecule has 4 heteroatoms. The van der Waals surface area contributed by atoms with Crippen LogP contribution in [0.1, 0.15) is 27.2 Å². The summed E-state index contributed by atoms with van der Waals surface area (Å²) in [6.07, 6.45) is 2.90. The van der Waals surface area contributed by atoms with Crippen molar-refractivity contribution in [2.45, 2.75) is 33.4 Å². The van der Waals surface area contributed by atoms with Crippen molar-refractivity contribution < 1.29 is 4.74 Å². The molecule has 0 aliphatic heterocycles. The summed E-state index contributed by atoms with van der Waals surface area (Å²) in [7, 11) is 0. The van der Waals surface area contributed by atoms with Gasteiger partial charge in [0, 0.05) is 6.54 Å². The molecule has 1 atom stereocenters. The Morgan fingerprint density at radius 3 is 2.94 bits per heavy atom. The van der Waals surface area contributed by atoms with E-state index in [1.807, 2.05) is 18.2 Å². The number of hydrogen-bond acceptors (Lipinski definition) is 3. The highest BCUT2D eigenvalue weighted by molar-refractivity contribution is 5.81. The molecule has 1 heterocycles. The van der Waals surface area contributed by atoms with E-state index in [1.54, 1.807) is 6.33 Å². The quantitative estimate of drug-likeness (QED) is 0.798.